The Morgan fingerprint density at radius 1 is 1.21 bits per heavy atom. The van der Waals surface area contributed by atoms with E-state index < -0.39 is 5.91 Å². The average Bonchev–Trinajstić information content (AvgIpc) is 3.10. The summed E-state index contributed by atoms with van der Waals surface area (Å²) in [7, 11) is 1.57. The molecule has 0 aliphatic rings. The topological polar surface area (TPSA) is 101 Å². The quantitative estimate of drug-likeness (QED) is 0.793. The molecule has 0 spiro atoms. The summed E-state index contributed by atoms with van der Waals surface area (Å²) in [5.74, 6) is 0.526. The third kappa shape index (κ3) is 3.23. The van der Waals surface area contributed by atoms with Gasteiger partial charge in [-0.25, -0.2) is 0 Å². The number of hydrogen-bond donors (Lipinski definition) is 1. The summed E-state index contributed by atoms with van der Waals surface area (Å²) in [5.41, 5.74) is 1.54. The Hall–Kier alpha value is -3.66. The monoisotopic (exact) mass is 320 g/mol. The summed E-state index contributed by atoms with van der Waals surface area (Å²) >= 11 is 0. The zero-order valence-electron chi connectivity index (χ0n) is 12.7. The number of nitriles is 1. The number of rotatable bonds is 4. The molecule has 7 heteroatoms. The fourth-order valence-electron chi connectivity index (χ4n) is 2.01. The summed E-state index contributed by atoms with van der Waals surface area (Å²) < 4.78 is 10.6. The first kappa shape index (κ1) is 15.2. The molecule has 3 rings (SSSR count). The van der Waals surface area contributed by atoms with Crippen molar-refractivity contribution in [1.29, 1.82) is 5.26 Å². The Labute approximate surface area is 137 Å². The highest BCUT2D eigenvalue weighted by Gasteiger charge is 2.13. The zero-order valence-corrected chi connectivity index (χ0v) is 12.7. The van der Waals surface area contributed by atoms with Crippen molar-refractivity contribution < 1.29 is 13.9 Å². The second-order valence-electron chi connectivity index (χ2n) is 4.79. The summed E-state index contributed by atoms with van der Waals surface area (Å²) in [6, 6.07) is 15.3. The first-order valence-electron chi connectivity index (χ1n) is 6.99. The number of anilines is 1. The summed E-state index contributed by atoms with van der Waals surface area (Å²) in [6.45, 7) is 0. The van der Waals surface area contributed by atoms with E-state index in [9.17, 15) is 4.79 Å². The van der Waals surface area contributed by atoms with Gasteiger partial charge in [-0.15, -0.1) is 5.10 Å². The standard InChI is InChI=1S/C17H12N4O3/c1-23-14-4-2-3-13(9-14)16-20-21-17(24-16)19-15(22)12-7-5-11(10-18)6-8-12/h2-9H,1H3,(H,19,21,22). The minimum Gasteiger partial charge on any atom is -0.497 e. The van der Waals surface area contributed by atoms with Crippen LogP contribution in [0.3, 0.4) is 0 Å². The maximum Gasteiger partial charge on any atom is 0.322 e. The lowest BCUT2D eigenvalue weighted by Crippen LogP contribution is -2.11. The molecule has 1 amide bonds. The first-order valence-corrected chi connectivity index (χ1v) is 6.99. The zero-order chi connectivity index (χ0) is 16.9. The molecule has 0 aliphatic carbocycles. The summed E-state index contributed by atoms with van der Waals surface area (Å²) in [5, 5.41) is 19.0. The van der Waals surface area contributed by atoms with Gasteiger partial charge in [0.05, 0.1) is 18.7 Å². The molecular weight excluding hydrogens is 308 g/mol. The molecule has 0 atom stereocenters. The van der Waals surface area contributed by atoms with Crippen LogP contribution >= 0.6 is 0 Å². The molecule has 3 aromatic rings. The highest BCUT2D eigenvalue weighted by Crippen LogP contribution is 2.24. The number of nitrogens with zero attached hydrogens (tertiary/aromatic N) is 3. The fraction of sp³-hybridized carbons (Fsp3) is 0.0588. The van der Waals surface area contributed by atoms with Crippen LogP contribution in [0.15, 0.2) is 52.9 Å². The Kier molecular flexibility index (Phi) is 4.21. The van der Waals surface area contributed by atoms with E-state index in [0.717, 1.165) is 0 Å². The molecule has 0 bridgehead atoms. The Morgan fingerprint density at radius 3 is 2.71 bits per heavy atom. The van der Waals surface area contributed by atoms with Gasteiger partial charge >= 0.3 is 6.01 Å². The lowest BCUT2D eigenvalue weighted by atomic mass is 10.1. The number of benzene rings is 2. The van der Waals surface area contributed by atoms with E-state index in [4.69, 9.17) is 14.4 Å². The van der Waals surface area contributed by atoms with E-state index in [1.165, 1.54) is 0 Å². The number of aromatic nitrogens is 2. The molecule has 0 saturated heterocycles. The van der Waals surface area contributed by atoms with E-state index in [2.05, 4.69) is 15.5 Å². The average molecular weight is 320 g/mol. The SMILES string of the molecule is COc1cccc(-c2nnc(NC(=O)c3ccc(C#N)cc3)o2)c1. The molecular formula is C17H12N4O3. The van der Waals surface area contributed by atoms with Crippen molar-refractivity contribution in [2.75, 3.05) is 12.4 Å². The van der Waals surface area contributed by atoms with Crippen molar-refractivity contribution in [1.82, 2.24) is 10.2 Å². The Bertz CT molecular complexity index is 910. The molecule has 0 saturated carbocycles. The van der Waals surface area contributed by atoms with E-state index in [0.29, 0.717) is 22.4 Å². The van der Waals surface area contributed by atoms with Crippen LogP contribution in [0, 0.1) is 11.3 Å². The lowest BCUT2D eigenvalue weighted by molar-refractivity contribution is 0.102. The minimum atomic E-state index is -0.402. The van der Waals surface area contributed by atoms with Gasteiger partial charge in [0.1, 0.15) is 5.75 Å². The number of carbonyl (C=O) groups is 1. The van der Waals surface area contributed by atoms with Crippen molar-refractivity contribution in [3.05, 3.63) is 59.7 Å². The molecule has 7 nitrogen and oxygen atoms in total. The van der Waals surface area contributed by atoms with Gasteiger partial charge < -0.3 is 9.15 Å². The van der Waals surface area contributed by atoms with Crippen molar-refractivity contribution in [2.24, 2.45) is 0 Å². The van der Waals surface area contributed by atoms with Gasteiger partial charge in [0.15, 0.2) is 0 Å². The lowest BCUT2D eigenvalue weighted by Gasteiger charge is -2.01. The second kappa shape index (κ2) is 6.62. The number of hydrogen-bond acceptors (Lipinski definition) is 6. The van der Waals surface area contributed by atoms with Crippen LogP contribution in [0.1, 0.15) is 15.9 Å². The van der Waals surface area contributed by atoms with Crippen LogP contribution in [-0.4, -0.2) is 23.2 Å². The van der Waals surface area contributed by atoms with E-state index in [1.54, 1.807) is 55.6 Å². The number of carbonyl (C=O) groups excluding carboxylic acids is 1. The first-order chi connectivity index (χ1) is 11.7. The van der Waals surface area contributed by atoms with Crippen molar-refractivity contribution in [2.45, 2.75) is 0 Å². The van der Waals surface area contributed by atoms with Gasteiger partial charge in [-0.3, -0.25) is 10.1 Å². The van der Waals surface area contributed by atoms with Gasteiger partial charge in [0.2, 0.25) is 5.89 Å². The molecule has 1 aromatic heterocycles. The molecule has 1 heterocycles. The number of methoxy groups -OCH3 is 1. The summed E-state index contributed by atoms with van der Waals surface area (Å²) in [6.07, 6.45) is 0. The maximum absolute atomic E-state index is 12.1. The third-order valence-corrected chi connectivity index (χ3v) is 3.24. The molecule has 0 aliphatic heterocycles. The largest absolute Gasteiger partial charge is 0.497 e. The molecule has 118 valence electrons. The van der Waals surface area contributed by atoms with Gasteiger partial charge in [0, 0.05) is 11.1 Å². The minimum absolute atomic E-state index is 0.0119. The Morgan fingerprint density at radius 2 is 2.00 bits per heavy atom. The predicted molar refractivity (Wildman–Crippen MR) is 85.4 cm³/mol. The van der Waals surface area contributed by atoms with Crippen LogP contribution in [-0.2, 0) is 0 Å². The van der Waals surface area contributed by atoms with E-state index in [1.807, 2.05) is 6.07 Å². The Balaban J connectivity index is 1.75. The maximum atomic E-state index is 12.1. The predicted octanol–water partition coefficient (Wildman–Crippen LogP) is 2.87. The van der Waals surface area contributed by atoms with E-state index >= 15 is 0 Å². The van der Waals surface area contributed by atoms with Crippen molar-refractivity contribution >= 4 is 11.9 Å². The molecule has 2 aromatic carbocycles. The van der Waals surface area contributed by atoms with Crippen LogP contribution in [0.25, 0.3) is 11.5 Å². The number of nitrogens with one attached hydrogen (secondary N) is 1. The number of amides is 1. The third-order valence-electron chi connectivity index (χ3n) is 3.24. The molecule has 0 fully saturated rings. The van der Waals surface area contributed by atoms with Crippen molar-refractivity contribution in [3.63, 3.8) is 0 Å². The fourth-order valence-corrected chi connectivity index (χ4v) is 2.01. The van der Waals surface area contributed by atoms with Gasteiger partial charge in [-0.05, 0) is 42.5 Å². The normalized spacial score (nSPS) is 10.0. The smallest absolute Gasteiger partial charge is 0.322 e. The molecule has 0 radical (unpaired) electrons. The van der Waals surface area contributed by atoms with Gasteiger partial charge in [-0.1, -0.05) is 11.2 Å². The molecule has 0 unspecified atom stereocenters. The number of ether oxygens (including phenoxy) is 1. The summed E-state index contributed by atoms with van der Waals surface area (Å²) in [4.78, 5) is 12.1. The molecule has 24 heavy (non-hydrogen) atoms. The van der Waals surface area contributed by atoms with Crippen LogP contribution in [0.2, 0.25) is 0 Å². The van der Waals surface area contributed by atoms with Crippen LogP contribution in [0.4, 0.5) is 6.01 Å². The second-order valence-corrected chi connectivity index (χ2v) is 4.79. The highest BCUT2D eigenvalue weighted by atomic mass is 16.5. The van der Waals surface area contributed by atoms with Gasteiger partial charge in [0.25, 0.3) is 5.91 Å². The van der Waals surface area contributed by atoms with Crippen molar-refractivity contribution in [3.8, 4) is 23.3 Å². The van der Waals surface area contributed by atoms with Crippen LogP contribution in [0.5, 0.6) is 5.75 Å². The highest BCUT2D eigenvalue weighted by molar-refractivity contribution is 6.03. The van der Waals surface area contributed by atoms with Crippen LogP contribution < -0.4 is 10.1 Å². The molecule has 1 N–H and O–H groups in total. The van der Waals surface area contributed by atoms with E-state index in [-0.39, 0.29) is 11.9 Å². The van der Waals surface area contributed by atoms with Gasteiger partial charge in [-0.2, -0.15) is 5.26 Å².